The topological polar surface area (TPSA) is 71.1 Å². The van der Waals surface area contributed by atoms with E-state index in [9.17, 15) is 8.42 Å². The molecule has 2 aromatic rings. The molecule has 0 aliphatic carbocycles. The second-order valence-corrected chi connectivity index (χ2v) is 6.55. The molecular weight excluding hydrogens is 286 g/mol. The van der Waals surface area contributed by atoms with Gasteiger partial charge in [-0.2, -0.15) is 0 Å². The summed E-state index contributed by atoms with van der Waals surface area (Å²) in [6.45, 7) is 2.68. The number of pyridine rings is 1. The van der Waals surface area contributed by atoms with E-state index >= 15 is 0 Å². The van der Waals surface area contributed by atoms with Gasteiger partial charge in [0, 0.05) is 25.5 Å². The largest absolute Gasteiger partial charge is 0.316 e. The number of benzene rings is 1. The average molecular weight is 305 g/mol. The fourth-order valence-electron chi connectivity index (χ4n) is 2.00. The van der Waals surface area contributed by atoms with E-state index in [1.54, 1.807) is 37.5 Å². The summed E-state index contributed by atoms with van der Waals surface area (Å²) in [5, 5.41) is 3.02. The number of sulfonamides is 1. The minimum absolute atomic E-state index is 0.251. The second-order valence-electron chi connectivity index (χ2n) is 4.81. The first-order valence-corrected chi connectivity index (χ1v) is 8.14. The molecule has 0 radical (unpaired) electrons. The van der Waals surface area contributed by atoms with Gasteiger partial charge >= 0.3 is 0 Å². The summed E-state index contributed by atoms with van der Waals surface area (Å²) >= 11 is 0. The maximum Gasteiger partial charge on any atom is 0.241 e. The van der Waals surface area contributed by atoms with Gasteiger partial charge < -0.3 is 5.32 Å². The van der Waals surface area contributed by atoms with Crippen molar-refractivity contribution < 1.29 is 8.42 Å². The third-order valence-corrected chi connectivity index (χ3v) is 4.68. The van der Waals surface area contributed by atoms with Crippen molar-refractivity contribution in [3.05, 3.63) is 59.4 Å². The minimum Gasteiger partial charge on any atom is -0.316 e. The molecule has 0 aliphatic rings. The average Bonchev–Trinajstić information content (AvgIpc) is 2.48. The van der Waals surface area contributed by atoms with Crippen LogP contribution in [0.3, 0.4) is 0 Å². The van der Waals surface area contributed by atoms with E-state index in [1.165, 1.54) is 0 Å². The van der Waals surface area contributed by atoms with E-state index in [0.29, 0.717) is 11.4 Å². The first-order chi connectivity index (χ1) is 10.0. The molecule has 0 spiro atoms. The van der Waals surface area contributed by atoms with Crippen LogP contribution in [0.15, 0.2) is 47.6 Å². The number of rotatable bonds is 6. The van der Waals surface area contributed by atoms with Gasteiger partial charge in [-0.15, -0.1) is 0 Å². The van der Waals surface area contributed by atoms with Crippen LogP contribution in [0.5, 0.6) is 0 Å². The smallest absolute Gasteiger partial charge is 0.241 e. The highest BCUT2D eigenvalue weighted by Crippen LogP contribution is 2.17. The van der Waals surface area contributed by atoms with Crippen molar-refractivity contribution in [3.63, 3.8) is 0 Å². The Bertz CT molecular complexity index is 700. The Labute approximate surface area is 125 Å². The molecule has 5 nitrogen and oxygen atoms in total. The van der Waals surface area contributed by atoms with Crippen molar-refractivity contribution in [1.82, 2.24) is 15.0 Å². The van der Waals surface area contributed by atoms with Gasteiger partial charge in [-0.1, -0.05) is 12.1 Å². The van der Waals surface area contributed by atoms with Gasteiger partial charge in [0.1, 0.15) is 0 Å². The maximum absolute atomic E-state index is 12.4. The quantitative estimate of drug-likeness (QED) is 0.850. The van der Waals surface area contributed by atoms with E-state index < -0.39 is 10.0 Å². The van der Waals surface area contributed by atoms with Gasteiger partial charge in [-0.05, 0) is 48.9 Å². The standard InChI is InChI=1S/C15H19N3O2S/c1-12-3-4-14(10-16-2)9-15(12)21(19,20)18-11-13-5-7-17-8-6-13/h3-9,16,18H,10-11H2,1-2H3. The van der Waals surface area contributed by atoms with Crippen molar-refractivity contribution in [1.29, 1.82) is 0 Å². The normalized spacial score (nSPS) is 11.5. The van der Waals surface area contributed by atoms with Crippen LogP contribution in [0, 0.1) is 6.92 Å². The first-order valence-electron chi connectivity index (χ1n) is 6.65. The van der Waals surface area contributed by atoms with Crippen molar-refractivity contribution in [3.8, 4) is 0 Å². The lowest BCUT2D eigenvalue weighted by Crippen LogP contribution is -2.24. The van der Waals surface area contributed by atoms with Gasteiger partial charge in [0.25, 0.3) is 0 Å². The first kappa shape index (κ1) is 15.6. The van der Waals surface area contributed by atoms with Gasteiger partial charge in [-0.3, -0.25) is 4.98 Å². The summed E-state index contributed by atoms with van der Waals surface area (Å²) in [7, 11) is -1.70. The van der Waals surface area contributed by atoms with E-state index in [0.717, 1.165) is 16.7 Å². The zero-order chi connectivity index (χ0) is 15.3. The van der Waals surface area contributed by atoms with Gasteiger partial charge in [0.05, 0.1) is 4.90 Å². The van der Waals surface area contributed by atoms with Crippen molar-refractivity contribution in [2.75, 3.05) is 7.05 Å². The van der Waals surface area contributed by atoms with Gasteiger partial charge in [0.2, 0.25) is 10.0 Å². The van der Waals surface area contributed by atoms with Gasteiger partial charge in [-0.25, -0.2) is 13.1 Å². The molecule has 0 saturated carbocycles. The Kier molecular flexibility index (Phi) is 5.06. The summed E-state index contributed by atoms with van der Waals surface area (Å²) in [5.41, 5.74) is 2.54. The fraction of sp³-hybridized carbons (Fsp3) is 0.267. The molecule has 1 aromatic heterocycles. The Morgan fingerprint density at radius 2 is 1.76 bits per heavy atom. The number of nitrogens with one attached hydrogen (secondary N) is 2. The molecule has 1 aromatic carbocycles. The summed E-state index contributed by atoms with van der Waals surface area (Å²) in [5.74, 6) is 0. The lowest BCUT2D eigenvalue weighted by molar-refractivity contribution is 0.580. The van der Waals surface area contributed by atoms with Crippen LogP contribution in [-0.2, 0) is 23.1 Å². The van der Waals surface area contributed by atoms with Crippen molar-refractivity contribution in [2.45, 2.75) is 24.9 Å². The molecule has 0 bridgehead atoms. The second kappa shape index (κ2) is 6.80. The predicted octanol–water partition coefficient (Wildman–Crippen LogP) is 1.59. The molecule has 0 unspecified atom stereocenters. The van der Waals surface area contributed by atoms with Crippen LogP contribution in [-0.4, -0.2) is 20.4 Å². The van der Waals surface area contributed by atoms with Crippen molar-refractivity contribution >= 4 is 10.0 Å². The highest BCUT2D eigenvalue weighted by Gasteiger charge is 2.17. The fourth-order valence-corrected chi connectivity index (χ4v) is 3.32. The molecule has 112 valence electrons. The number of aryl methyl sites for hydroxylation is 1. The highest BCUT2D eigenvalue weighted by atomic mass is 32.2. The molecule has 2 rings (SSSR count). The summed E-state index contributed by atoms with van der Waals surface area (Å²) < 4.78 is 27.5. The molecule has 0 fully saturated rings. The molecule has 1 heterocycles. The molecule has 0 amide bonds. The Morgan fingerprint density at radius 1 is 1.05 bits per heavy atom. The molecule has 0 atom stereocenters. The lowest BCUT2D eigenvalue weighted by atomic mass is 10.1. The molecule has 21 heavy (non-hydrogen) atoms. The van der Waals surface area contributed by atoms with Crippen LogP contribution < -0.4 is 10.0 Å². The zero-order valence-electron chi connectivity index (χ0n) is 12.1. The minimum atomic E-state index is -3.53. The highest BCUT2D eigenvalue weighted by molar-refractivity contribution is 7.89. The van der Waals surface area contributed by atoms with Crippen LogP contribution in [0.4, 0.5) is 0 Å². The Hall–Kier alpha value is -1.76. The monoisotopic (exact) mass is 305 g/mol. The van der Waals surface area contributed by atoms with Gasteiger partial charge in [0.15, 0.2) is 0 Å². The van der Waals surface area contributed by atoms with E-state index in [2.05, 4.69) is 15.0 Å². The number of aromatic nitrogens is 1. The van der Waals surface area contributed by atoms with E-state index in [1.807, 2.05) is 19.2 Å². The van der Waals surface area contributed by atoms with Crippen LogP contribution >= 0.6 is 0 Å². The summed E-state index contributed by atoms with van der Waals surface area (Å²) in [6, 6.07) is 9.03. The molecule has 6 heteroatoms. The molecule has 0 aliphatic heterocycles. The third kappa shape index (κ3) is 4.10. The number of hydrogen-bond donors (Lipinski definition) is 2. The van der Waals surface area contributed by atoms with E-state index in [4.69, 9.17) is 0 Å². The third-order valence-electron chi connectivity index (χ3n) is 3.14. The molecule has 0 saturated heterocycles. The maximum atomic E-state index is 12.4. The molecule has 2 N–H and O–H groups in total. The Morgan fingerprint density at radius 3 is 2.43 bits per heavy atom. The van der Waals surface area contributed by atoms with Crippen LogP contribution in [0.2, 0.25) is 0 Å². The van der Waals surface area contributed by atoms with Crippen molar-refractivity contribution in [2.24, 2.45) is 0 Å². The number of hydrogen-bond acceptors (Lipinski definition) is 4. The summed E-state index contributed by atoms with van der Waals surface area (Å²) in [4.78, 5) is 4.23. The van der Waals surface area contributed by atoms with Crippen LogP contribution in [0.1, 0.15) is 16.7 Å². The zero-order valence-corrected chi connectivity index (χ0v) is 12.9. The molecular formula is C15H19N3O2S. The SMILES string of the molecule is CNCc1ccc(C)c(S(=O)(=O)NCc2ccncc2)c1. The summed E-state index contributed by atoms with van der Waals surface area (Å²) in [6.07, 6.45) is 3.28. The predicted molar refractivity (Wildman–Crippen MR) is 82.2 cm³/mol. The van der Waals surface area contributed by atoms with Crippen LogP contribution in [0.25, 0.3) is 0 Å². The number of nitrogens with zero attached hydrogens (tertiary/aromatic N) is 1. The lowest BCUT2D eigenvalue weighted by Gasteiger charge is -2.11. The Balaban J connectivity index is 2.21. The van der Waals surface area contributed by atoms with E-state index in [-0.39, 0.29) is 6.54 Å².